The third-order valence-corrected chi connectivity index (χ3v) is 20.0. The Morgan fingerprint density at radius 2 is 1.30 bits per heavy atom. The summed E-state index contributed by atoms with van der Waals surface area (Å²) in [5, 5.41) is 2.90. The molecule has 2 aliphatic rings. The van der Waals surface area contributed by atoms with Crippen LogP contribution in [0.4, 0.5) is 4.79 Å². The minimum absolute atomic E-state index is 0.102. The molecule has 0 saturated carbocycles. The second-order valence-corrected chi connectivity index (χ2v) is 24.3. The molecule has 4 rings (SSSR count). The van der Waals surface area contributed by atoms with Crippen LogP contribution in [0.3, 0.4) is 0 Å². The molecule has 0 radical (unpaired) electrons. The van der Waals surface area contributed by atoms with Crippen LogP contribution in [0.2, 0.25) is 22.2 Å². The third-order valence-electron chi connectivity index (χ3n) is 9.74. The normalized spacial score (nSPS) is 20.5. The van der Waals surface area contributed by atoms with Gasteiger partial charge in [-0.25, -0.2) is 9.59 Å². The van der Waals surface area contributed by atoms with E-state index in [0.29, 0.717) is 0 Å². The molecule has 1 fully saturated rings. The summed E-state index contributed by atoms with van der Waals surface area (Å²) in [6.45, 7) is 25.2. The molecule has 1 saturated heterocycles. The Labute approximate surface area is 284 Å². The summed E-state index contributed by atoms with van der Waals surface area (Å²) in [5.74, 6) is -1.14. The molecule has 10 heteroatoms. The van der Waals surface area contributed by atoms with Gasteiger partial charge in [-0.1, -0.05) is 111 Å². The van der Waals surface area contributed by atoms with Crippen LogP contribution in [0.25, 0.3) is 11.1 Å². The number of nitrogens with one attached hydrogen (secondary N) is 1. The van der Waals surface area contributed by atoms with Gasteiger partial charge in [0.25, 0.3) is 0 Å². The maximum absolute atomic E-state index is 13.8. The zero-order valence-corrected chi connectivity index (χ0v) is 32.5. The summed E-state index contributed by atoms with van der Waals surface area (Å²) in [6, 6.07) is 15.4. The molecule has 8 nitrogen and oxygen atoms in total. The first-order valence-corrected chi connectivity index (χ1v) is 21.2. The van der Waals surface area contributed by atoms with Crippen molar-refractivity contribution in [2.24, 2.45) is 5.92 Å². The summed E-state index contributed by atoms with van der Waals surface area (Å²) in [4.78, 5) is 27.4. The van der Waals surface area contributed by atoms with E-state index in [1.165, 1.54) is 0 Å². The molecule has 1 aliphatic carbocycles. The van der Waals surface area contributed by atoms with Crippen molar-refractivity contribution < 1.29 is 32.0 Å². The number of hydrogen-bond donors (Lipinski definition) is 1. The maximum atomic E-state index is 13.8. The third kappa shape index (κ3) is 7.72. The molecule has 0 aromatic heterocycles. The standard InChI is InChI=1S/C37H57NO7Si2/c1-23(2)46(24(3)4)42-22-33(44-47(45-46,25(5)6)26(7)8)27(9)34(35(39)43-37(10,11)12)38-36(40)41-21-32-30-19-15-13-17-28(30)29-18-14-16-20-31(29)32/h13-20,23-27,32-34H,21-22H2,1-12H3,(H,38,40)/t27-,33-,34-/m0/s1. The molecule has 0 unspecified atom stereocenters. The van der Waals surface area contributed by atoms with Gasteiger partial charge in [0.15, 0.2) is 0 Å². The summed E-state index contributed by atoms with van der Waals surface area (Å²) >= 11 is 0. The summed E-state index contributed by atoms with van der Waals surface area (Å²) in [5.41, 5.74) is 4.45. The van der Waals surface area contributed by atoms with Gasteiger partial charge < -0.3 is 27.8 Å². The number of amides is 1. The predicted octanol–water partition coefficient (Wildman–Crippen LogP) is 8.83. The van der Waals surface area contributed by atoms with Gasteiger partial charge in [0.05, 0.1) is 12.7 Å². The Balaban J connectivity index is 1.61. The van der Waals surface area contributed by atoms with Gasteiger partial charge in [-0.05, 0) is 65.2 Å². The number of hydrogen-bond acceptors (Lipinski definition) is 7. The largest absolute Gasteiger partial charge is 0.458 e. The van der Waals surface area contributed by atoms with E-state index >= 15 is 0 Å². The van der Waals surface area contributed by atoms with Gasteiger partial charge in [0.1, 0.15) is 18.2 Å². The van der Waals surface area contributed by atoms with Crippen LogP contribution in [0.1, 0.15) is 100 Å². The first-order chi connectivity index (χ1) is 21.9. The predicted molar refractivity (Wildman–Crippen MR) is 191 cm³/mol. The Kier molecular flexibility index (Phi) is 11.5. The van der Waals surface area contributed by atoms with E-state index < -0.39 is 52.8 Å². The Morgan fingerprint density at radius 3 is 1.77 bits per heavy atom. The van der Waals surface area contributed by atoms with Crippen molar-refractivity contribution in [3.8, 4) is 11.1 Å². The lowest BCUT2D eigenvalue weighted by Crippen LogP contribution is -2.60. The fourth-order valence-corrected chi connectivity index (χ4v) is 18.5. The van der Waals surface area contributed by atoms with Crippen LogP contribution in [0, 0.1) is 5.92 Å². The molecule has 0 spiro atoms. The first kappa shape index (κ1) is 37.3. The van der Waals surface area contributed by atoms with Gasteiger partial charge in [0.2, 0.25) is 0 Å². The van der Waals surface area contributed by atoms with Crippen LogP contribution in [0.5, 0.6) is 0 Å². The smallest absolute Gasteiger partial charge is 0.407 e. The minimum atomic E-state index is -2.90. The van der Waals surface area contributed by atoms with E-state index in [1.54, 1.807) is 0 Å². The average molecular weight is 684 g/mol. The SMILES string of the molecule is CC(C)[Si]1(C(C)C)OC[C@@H]([C@H](C)[C@H](NC(=O)OCC2c3ccccc3-c3ccccc32)C(=O)OC(C)(C)C)O[Si](C(C)C)(C(C)C)O1. The molecule has 2 aromatic carbocycles. The van der Waals surface area contributed by atoms with E-state index in [9.17, 15) is 9.59 Å². The molecule has 1 aliphatic heterocycles. The lowest BCUT2D eigenvalue weighted by Gasteiger charge is -2.46. The van der Waals surface area contributed by atoms with Crippen molar-refractivity contribution in [1.82, 2.24) is 5.32 Å². The number of benzene rings is 2. The van der Waals surface area contributed by atoms with Crippen molar-refractivity contribution in [2.75, 3.05) is 13.2 Å². The highest BCUT2D eigenvalue weighted by molar-refractivity contribution is 6.84. The van der Waals surface area contributed by atoms with E-state index in [-0.39, 0.29) is 41.3 Å². The average Bonchev–Trinajstić information content (AvgIpc) is 3.16. The Hall–Kier alpha value is -2.51. The molecule has 47 heavy (non-hydrogen) atoms. The van der Waals surface area contributed by atoms with Crippen LogP contribution in [-0.4, -0.2) is 60.1 Å². The van der Waals surface area contributed by atoms with Crippen molar-refractivity contribution >= 4 is 29.2 Å². The summed E-state index contributed by atoms with van der Waals surface area (Å²) in [7, 11) is -5.65. The maximum Gasteiger partial charge on any atom is 0.407 e. The second-order valence-electron chi connectivity index (χ2n) is 15.5. The quantitative estimate of drug-likeness (QED) is 0.198. The number of ether oxygens (including phenoxy) is 2. The van der Waals surface area contributed by atoms with Crippen molar-refractivity contribution in [2.45, 2.75) is 129 Å². The van der Waals surface area contributed by atoms with Gasteiger partial charge >= 0.3 is 29.2 Å². The minimum Gasteiger partial charge on any atom is -0.458 e. The molecule has 1 N–H and O–H groups in total. The molecular weight excluding hydrogens is 627 g/mol. The van der Waals surface area contributed by atoms with Crippen LogP contribution in [-0.2, 0) is 27.2 Å². The van der Waals surface area contributed by atoms with Crippen LogP contribution >= 0.6 is 0 Å². The van der Waals surface area contributed by atoms with Gasteiger partial charge in [0, 0.05) is 11.8 Å². The number of carbonyl (C=O) groups excluding carboxylic acids is 2. The molecule has 2 aromatic rings. The summed E-state index contributed by atoms with van der Waals surface area (Å²) < 4.78 is 33.0. The molecular formula is C37H57NO7Si2. The number of fused-ring (bicyclic) bond motifs is 3. The fraction of sp³-hybridized carbons (Fsp3) is 0.622. The number of rotatable bonds is 10. The van der Waals surface area contributed by atoms with Gasteiger partial charge in [-0.2, -0.15) is 0 Å². The van der Waals surface area contributed by atoms with Gasteiger partial charge in [-0.3, -0.25) is 0 Å². The monoisotopic (exact) mass is 683 g/mol. The molecule has 260 valence electrons. The topological polar surface area (TPSA) is 92.3 Å². The number of alkyl carbamates (subject to hydrolysis) is 1. The Morgan fingerprint density at radius 1 is 0.809 bits per heavy atom. The van der Waals surface area contributed by atoms with Crippen LogP contribution in [0.15, 0.2) is 48.5 Å². The zero-order chi connectivity index (χ0) is 34.9. The van der Waals surface area contributed by atoms with E-state index in [2.05, 4.69) is 85.0 Å². The van der Waals surface area contributed by atoms with Gasteiger partial charge in [-0.15, -0.1) is 0 Å². The highest BCUT2D eigenvalue weighted by Crippen LogP contribution is 2.47. The van der Waals surface area contributed by atoms with Crippen molar-refractivity contribution in [3.05, 3.63) is 59.7 Å². The highest BCUT2D eigenvalue weighted by Gasteiger charge is 2.60. The molecule has 0 bridgehead atoms. The van der Waals surface area contributed by atoms with Crippen molar-refractivity contribution in [1.29, 1.82) is 0 Å². The zero-order valence-electron chi connectivity index (χ0n) is 30.5. The lowest BCUT2D eigenvalue weighted by atomic mass is 9.96. The first-order valence-electron chi connectivity index (χ1n) is 17.3. The van der Waals surface area contributed by atoms with Crippen LogP contribution < -0.4 is 5.32 Å². The lowest BCUT2D eigenvalue weighted by molar-refractivity contribution is -0.160. The van der Waals surface area contributed by atoms with E-state index in [1.807, 2.05) is 52.0 Å². The van der Waals surface area contributed by atoms with E-state index in [4.69, 9.17) is 22.4 Å². The Bertz CT molecular complexity index is 1340. The molecule has 3 atom stereocenters. The molecule has 1 amide bonds. The summed E-state index contributed by atoms with van der Waals surface area (Å²) in [6.07, 6.45) is -1.19. The number of esters is 1. The highest BCUT2D eigenvalue weighted by atomic mass is 28.5. The van der Waals surface area contributed by atoms with Crippen molar-refractivity contribution in [3.63, 3.8) is 0 Å². The number of carbonyl (C=O) groups is 2. The van der Waals surface area contributed by atoms with E-state index in [0.717, 1.165) is 22.3 Å². The second kappa shape index (κ2) is 14.5. The fourth-order valence-electron chi connectivity index (χ4n) is 7.21. The molecule has 1 heterocycles.